The average Bonchev–Trinajstić information content (AvgIpc) is 2.58. The smallest absolute Gasteiger partial charge is 0.472 e. The number of hydrogen-bond donors (Lipinski definition) is 0. The van der Waals surface area contributed by atoms with Crippen LogP contribution in [0.25, 0.3) is 0 Å². The van der Waals surface area contributed by atoms with Crippen LogP contribution in [-0.4, -0.2) is 18.8 Å². The molecule has 2 heterocycles. The lowest BCUT2D eigenvalue weighted by Gasteiger charge is -2.21. The third kappa shape index (κ3) is 1.76. The van der Waals surface area contributed by atoms with Crippen LogP contribution in [0.15, 0.2) is 21.2 Å². The summed E-state index contributed by atoms with van der Waals surface area (Å²) < 4.78 is 17.6. The van der Waals surface area contributed by atoms with E-state index in [1.54, 1.807) is 6.26 Å². The van der Waals surface area contributed by atoms with Gasteiger partial charge >= 0.3 is 7.12 Å². The van der Waals surface area contributed by atoms with Gasteiger partial charge in [0, 0.05) is 0 Å². The third-order valence-corrected chi connectivity index (χ3v) is 2.95. The average molecular weight is 259 g/mol. The van der Waals surface area contributed by atoms with Gasteiger partial charge in [0.15, 0.2) is 0 Å². The lowest BCUT2D eigenvalue weighted by Crippen LogP contribution is -2.33. The molecule has 76 valence electrons. The summed E-state index contributed by atoms with van der Waals surface area (Å²) in [4.78, 5) is 0. The first-order valence-corrected chi connectivity index (χ1v) is 5.35. The lowest BCUT2D eigenvalue weighted by atomic mass is 9.86. The van der Waals surface area contributed by atoms with Crippen LogP contribution in [-0.2, 0) is 9.31 Å². The number of rotatable bonds is 1. The van der Waals surface area contributed by atoms with Crippen molar-refractivity contribution in [3.05, 3.63) is 16.8 Å². The van der Waals surface area contributed by atoms with Crippen LogP contribution >= 0.6 is 15.9 Å². The zero-order valence-corrected chi connectivity index (χ0v) is 10.00. The Kier molecular flexibility index (Phi) is 2.49. The molecule has 0 saturated carbocycles. The molecule has 0 aliphatic carbocycles. The van der Waals surface area contributed by atoms with Gasteiger partial charge in [-0.2, -0.15) is 0 Å². The lowest BCUT2D eigenvalue weighted by molar-refractivity contribution is 0.0841. The molecule has 0 bridgehead atoms. The van der Waals surface area contributed by atoms with Crippen molar-refractivity contribution < 1.29 is 13.7 Å². The Morgan fingerprint density at radius 2 is 2.21 bits per heavy atom. The van der Waals surface area contributed by atoms with Crippen LogP contribution in [0.1, 0.15) is 20.8 Å². The largest absolute Gasteiger partial charge is 0.532 e. The Morgan fingerprint density at radius 3 is 2.64 bits per heavy atom. The molecule has 0 N–H and O–H groups in total. The quantitative estimate of drug-likeness (QED) is 0.722. The SMILES string of the molecule is CC1OB(c2cc(Br)co2)OC1(C)C. The fourth-order valence-corrected chi connectivity index (χ4v) is 1.64. The zero-order chi connectivity index (χ0) is 10.3. The van der Waals surface area contributed by atoms with Gasteiger partial charge in [-0.1, -0.05) is 0 Å². The van der Waals surface area contributed by atoms with Crippen molar-refractivity contribution in [2.75, 3.05) is 0 Å². The van der Waals surface area contributed by atoms with E-state index < -0.39 is 0 Å². The molecule has 5 heteroatoms. The number of furan rings is 1. The molecule has 1 unspecified atom stereocenters. The summed E-state index contributed by atoms with van der Waals surface area (Å²) in [6.07, 6.45) is 1.69. The molecule has 1 aromatic rings. The van der Waals surface area contributed by atoms with Crippen LogP contribution in [0.3, 0.4) is 0 Å². The molecule has 1 aliphatic heterocycles. The molecule has 14 heavy (non-hydrogen) atoms. The van der Waals surface area contributed by atoms with Gasteiger partial charge in [-0.25, -0.2) is 0 Å². The molecule has 1 atom stereocenters. The normalized spacial score (nSPS) is 25.7. The topological polar surface area (TPSA) is 31.6 Å². The van der Waals surface area contributed by atoms with E-state index in [0.29, 0.717) is 5.66 Å². The van der Waals surface area contributed by atoms with Gasteiger partial charge in [-0.3, -0.25) is 0 Å². The molecule has 0 aromatic carbocycles. The van der Waals surface area contributed by atoms with Crippen LogP contribution in [0, 0.1) is 0 Å². The molecule has 1 aliphatic rings. The van der Waals surface area contributed by atoms with Crippen molar-refractivity contribution in [2.45, 2.75) is 32.5 Å². The van der Waals surface area contributed by atoms with Crippen molar-refractivity contribution in [2.24, 2.45) is 0 Å². The second kappa shape index (κ2) is 3.40. The van der Waals surface area contributed by atoms with Gasteiger partial charge in [0.1, 0.15) is 11.9 Å². The van der Waals surface area contributed by atoms with Crippen LogP contribution in [0.4, 0.5) is 0 Å². The predicted octanol–water partition coefficient (Wildman–Crippen LogP) is 1.95. The molecular formula is C9H12BBrO3. The molecule has 1 saturated heterocycles. The monoisotopic (exact) mass is 258 g/mol. The fraction of sp³-hybridized carbons (Fsp3) is 0.556. The molecule has 0 radical (unpaired) electrons. The van der Waals surface area contributed by atoms with E-state index in [1.165, 1.54) is 0 Å². The van der Waals surface area contributed by atoms with E-state index >= 15 is 0 Å². The van der Waals surface area contributed by atoms with E-state index in [0.717, 1.165) is 4.47 Å². The van der Waals surface area contributed by atoms with Gasteiger partial charge in [-0.05, 0) is 42.8 Å². The zero-order valence-electron chi connectivity index (χ0n) is 8.41. The highest BCUT2D eigenvalue weighted by Crippen LogP contribution is 2.27. The van der Waals surface area contributed by atoms with E-state index in [-0.39, 0.29) is 18.8 Å². The third-order valence-electron chi connectivity index (χ3n) is 2.54. The molecule has 1 aromatic heterocycles. The van der Waals surface area contributed by atoms with Gasteiger partial charge in [0.05, 0.1) is 16.2 Å². The van der Waals surface area contributed by atoms with Gasteiger partial charge in [0.25, 0.3) is 0 Å². The van der Waals surface area contributed by atoms with Crippen LogP contribution < -0.4 is 5.66 Å². The highest BCUT2D eigenvalue weighted by atomic mass is 79.9. The predicted molar refractivity (Wildman–Crippen MR) is 57.5 cm³/mol. The molecule has 0 spiro atoms. The van der Waals surface area contributed by atoms with E-state index in [9.17, 15) is 0 Å². The van der Waals surface area contributed by atoms with E-state index in [4.69, 9.17) is 13.7 Å². The Morgan fingerprint density at radius 1 is 1.50 bits per heavy atom. The highest BCUT2D eigenvalue weighted by Gasteiger charge is 2.45. The highest BCUT2D eigenvalue weighted by molar-refractivity contribution is 9.10. The Labute approximate surface area is 92.0 Å². The molecule has 3 nitrogen and oxygen atoms in total. The maximum absolute atomic E-state index is 5.72. The maximum Gasteiger partial charge on any atom is 0.532 e. The summed E-state index contributed by atoms with van der Waals surface area (Å²) in [5.41, 5.74) is 0.443. The standard InChI is InChI=1S/C9H12BBrO3/c1-6-9(2,3)14-10(13-6)8-4-7(11)5-12-8/h4-6H,1-3H3. The Bertz CT molecular complexity index is 337. The van der Waals surface area contributed by atoms with E-state index in [1.807, 2.05) is 26.8 Å². The first-order valence-electron chi connectivity index (χ1n) is 4.56. The fourth-order valence-electron chi connectivity index (χ4n) is 1.33. The summed E-state index contributed by atoms with van der Waals surface area (Å²) in [5, 5.41) is 0. The molecule has 1 fully saturated rings. The van der Waals surface area contributed by atoms with Crippen molar-refractivity contribution in [3.8, 4) is 0 Å². The minimum absolute atomic E-state index is 0.0661. The number of hydrogen-bond acceptors (Lipinski definition) is 3. The molecular weight excluding hydrogens is 247 g/mol. The van der Waals surface area contributed by atoms with Crippen LogP contribution in [0.5, 0.6) is 0 Å². The summed E-state index contributed by atoms with van der Waals surface area (Å²) in [6, 6.07) is 1.86. The van der Waals surface area contributed by atoms with Crippen molar-refractivity contribution >= 4 is 28.7 Å². The van der Waals surface area contributed by atoms with Gasteiger partial charge in [0.2, 0.25) is 0 Å². The Balaban J connectivity index is 2.16. The van der Waals surface area contributed by atoms with Crippen molar-refractivity contribution in [3.63, 3.8) is 0 Å². The minimum Gasteiger partial charge on any atom is -0.472 e. The summed E-state index contributed by atoms with van der Waals surface area (Å²) in [6.45, 7) is 6.02. The van der Waals surface area contributed by atoms with Gasteiger partial charge in [-0.15, -0.1) is 0 Å². The summed E-state index contributed by atoms with van der Waals surface area (Å²) >= 11 is 3.32. The minimum atomic E-state index is -0.383. The number of halogens is 1. The summed E-state index contributed by atoms with van der Waals surface area (Å²) in [5.74, 6) is 0. The summed E-state index contributed by atoms with van der Waals surface area (Å²) in [7, 11) is -0.383. The van der Waals surface area contributed by atoms with Crippen LogP contribution in [0.2, 0.25) is 0 Å². The second-order valence-electron chi connectivity index (χ2n) is 4.00. The first-order chi connectivity index (χ1) is 6.49. The molecule has 2 rings (SSSR count). The first kappa shape index (κ1) is 10.3. The van der Waals surface area contributed by atoms with Gasteiger partial charge < -0.3 is 13.7 Å². The van der Waals surface area contributed by atoms with Crippen molar-refractivity contribution in [1.29, 1.82) is 0 Å². The Hall–Kier alpha value is -0.255. The van der Waals surface area contributed by atoms with Crippen molar-refractivity contribution in [1.82, 2.24) is 0 Å². The second-order valence-corrected chi connectivity index (χ2v) is 4.91. The van der Waals surface area contributed by atoms with E-state index in [2.05, 4.69) is 15.9 Å². The maximum atomic E-state index is 5.72. The molecule has 0 amide bonds.